The largest absolute Gasteiger partial charge is 0.302 e. The summed E-state index contributed by atoms with van der Waals surface area (Å²) in [5.41, 5.74) is 0.758. The first-order valence-electron chi connectivity index (χ1n) is 7.73. The Morgan fingerprint density at radius 3 is 2.62 bits per heavy atom. The highest BCUT2D eigenvalue weighted by atomic mass is 35.5. The van der Waals surface area contributed by atoms with Crippen molar-refractivity contribution in [3.05, 3.63) is 52.2 Å². The molecule has 9 heteroatoms. The SMILES string of the molecule is O=C(CCCS(=O)(=O)c1ccccc1)Nc1nc(-c2ccc(Cl)s2)cs1. The summed E-state index contributed by atoms with van der Waals surface area (Å²) in [6.45, 7) is 0. The molecular formula is C17H15ClN2O3S3. The van der Waals surface area contributed by atoms with Crippen molar-refractivity contribution in [2.24, 2.45) is 0 Å². The predicted molar refractivity (Wildman–Crippen MR) is 107 cm³/mol. The third-order valence-corrected chi connectivity index (χ3v) is 7.32. The van der Waals surface area contributed by atoms with E-state index < -0.39 is 9.84 Å². The standard InChI is InChI=1S/C17H15ClN2O3S3/c18-15-9-8-14(25-15)13-11-24-17(19-13)20-16(21)7-4-10-26(22,23)12-5-2-1-3-6-12/h1-3,5-6,8-9,11H,4,7,10H2,(H,19,20,21). The lowest BCUT2D eigenvalue weighted by molar-refractivity contribution is -0.116. The van der Waals surface area contributed by atoms with Gasteiger partial charge in [0.05, 0.1) is 25.6 Å². The second-order valence-corrected chi connectivity index (χ2v) is 10.1. The van der Waals surface area contributed by atoms with Crippen LogP contribution in [0.4, 0.5) is 5.13 Å². The van der Waals surface area contributed by atoms with Crippen molar-refractivity contribution >= 4 is 55.2 Å². The molecule has 0 aliphatic carbocycles. The number of benzene rings is 1. The van der Waals surface area contributed by atoms with Gasteiger partial charge in [-0.2, -0.15) is 0 Å². The lowest BCUT2D eigenvalue weighted by Gasteiger charge is -2.04. The summed E-state index contributed by atoms with van der Waals surface area (Å²) in [5.74, 6) is -0.320. The first-order chi connectivity index (χ1) is 12.4. The molecule has 1 amide bonds. The van der Waals surface area contributed by atoms with Crippen LogP contribution in [0.3, 0.4) is 0 Å². The van der Waals surface area contributed by atoms with Gasteiger partial charge in [-0.3, -0.25) is 4.79 Å². The van der Waals surface area contributed by atoms with Crippen molar-refractivity contribution in [3.8, 4) is 10.6 Å². The molecule has 0 fully saturated rings. The number of nitrogens with zero attached hydrogens (tertiary/aromatic N) is 1. The Hall–Kier alpha value is -1.74. The second kappa shape index (κ2) is 8.30. The number of hydrogen-bond donors (Lipinski definition) is 1. The number of aromatic nitrogens is 1. The molecule has 136 valence electrons. The zero-order chi connectivity index (χ0) is 18.6. The van der Waals surface area contributed by atoms with Gasteiger partial charge in [-0.25, -0.2) is 13.4 Å². The van der Waals surface area contributed by atoms with E-state index in [-0.39, 0.29) is 29.4 Å². The average molecular weight is 427 g/mol. The van der Waals surface area contributed by atoms with Gasteiger partial charge in [-0.05, 0) is 30.7 Å². The lowest BCUT2D eigenvalue weighted by Crippen LogP contribution is -2.14. The number of carbonyl (C=O) groups is 1. The number of nitrogens with one attached hydrogen (secondary N) is 1. The van der Waals surface area contributed by atoms with Crippen molar-refractivity contribution in [1.29, 1.82) is 0 Å². The molecule has 2 heterocycles. The summed E-state index contributed by atoms with van der Waals surface area (Å²) in [4.78, 5) is 17.6. The molecular weight excluding hydrogens is 412 g/mol. The summed E-state index contributed by atoms with van der Waals surface area (Å²) < 4.78 is 25.0. The van der Waals surface area contributed by atoms with E-state index >= 15 is 0 Å². The smallest absolute Gasteiger partial charge is 0.226 e. The fourth-order valence-electron chi connectivity index (χ4n) is 2.25. The van der Waals surface area contributed by atoms with E-state index in [1.807, 2.05) is 11.4 Å². The van der Waals surface area contributed by atoms with Gasteiger partial charge in [0.2, 0.25) is 5.91 Å². The first kappa shape index (κ1) is 19.0. The van der Waals surface area contributed by atoms with E-state index in [9.17, 15) is 13.2 Å². The van der Waals surface area contributed by atoms with E-state index in [0.29, 0.717) is 9.47 Å². The first-order valence-corrected chi connectivity index (χ1v) is 11.5. The van der Waals surface area contributed by atoms with Crippen LogP contribution in [0.1, 0.15) is 12.8 Å². The van der Waals surface area contributed by atoms with E-state index in [2.05, 4.69) is 10.3 Å². The fraction of sp³-hybridized carbons (Fsp3) is 0.176. The maximum atomic E-state index is 12.2. The van der Waals surface area contributed by atoms with Crippen molar-refractivity contribution in [2.45, 2.75) is 17.7 Å². The van der Waals surface area contributed by atoms with Crippen LogP contribution < -0.4 is 5.32 Å². The molecule has 5 nitrogen and oxygen atoms in total. The topological polar surface area (TPSA) is 76.1 Å². The van der Waals surface area contributed by atoms with Crippen LogP contribution in [0.5, 0.6) is 0 Å². The molecule has 0 aliphatic heterocycles. The number of thiophene rings is 1. The zero-order valence-corrected chi connectivity index (χ0v) is 16.7. The summed E-state index contributed by atoms with van der Waals surface area (Å²) in [6, 6.07) is 11.9. The Balaban J connectivity index is 1.51. The van der Waals surface area contributed by atoms with Crippen LogP contribution in [0.2, 0.25) is 4.34 Å². The number of amides is 1. The number of sulfone groups is 1. The van der Waals surface area contributed by atoms with Crippen LogP contribution in [-0.2, 0) is 14.6 Å². The summed E-state index contributed by atoms with van der Waals surface area (Å²) >= 11 is 8.65. The molecule has 0 saturated heterocycles. The molecule has 2 aromatic heterocycles. The molecule has 0 atom stereocenters. The normalized spacial score (nSPS) is 11.4. The highest BCUT2D eigenvalue weighted by Crippen LogP contribution is 2.32. The van der Waals surface area contributed by atoms with Crippen molar-refractivity contribution in [2.75, 3.05) is 11.1 Å². The van der Waals surface area contributed by atoms with Crippen LogP contribution in [-0.4, -0.2) is 25.1 Å². The highest BCUT2D eigenvalue weighted by Gasteiger charge is 2.15. The molecule has 0 saturated carbocycles. The number of thiazole rings is 1. The van der Waals surface area contributed by atoms with Crippen molar-refractivity contribution < 1.29 is 13.2 Å². The maximum Gasteiger partial charge on any atom is 0.226 e. The highest BCUT2D eigenvalue weighted by molar-refractivity contribution is 7.91. The summed E-state index contributed by atoms with van der Waals surface area (Å²) in [5, 5.41) is 5.04. The number of hydrogen-bond acceptors (Lipinski definition) is 6. The molecule has 0 aliphatic rings. The number of halogens is 1. The van der Waals surface area contributed by atoms with Gasteiger partial charge in [0.15, 0.2) is 15.0 Å². The van der Waals surface area contributed by atoms with E-state index in [1.54, 1.807) is 36.4 Å². The number of carbonyl (C=O) groups excluding carboxylic acids is 1. The Labute approximate surface area is 164 Å². The summed E-state index contributed by atoms with van der Waals surface area (Å²) in [7, 11) is -3.36. The lowest BCUT2D eigenvalue weighted by atomic mass is 10.3. The van der Waals surface area contributed by atoms with Crippen molar-refractivity contribution in [3.63, 3.8) is 0 Å². The predicted octanol–water partition coefficient (Wildman–Crippen LogP) is 4.72. The van der Waals surface area contributed by atoms with Gasteiger partial charge in [0, 0.05) is 11.8 Å². The molecule has 3 aromatic rings. The minimum atomic E-state index is -3.36. The molecule has 3 rings (SSSR count). The average Bonchev–Trinajstić information content (AvgIpc) is 3.24. The Bertz CT molecular complexity index is 997. The van der Waals surface area contributed by atoms with Gasteiger partial charge in [0.1, 0.15) is 0 Å². The van der Waals surface area contributed by atoms with Gasteiger partial charge < -0.3 is 5.32 Å². The van der Waals surface area contributed by atoms with Gasteiger partial charge >= 0.3 is 0 Å². The van der Waals surface area contributed by atoms with E-state index in [4.69, 9.17) is 11.6 Å². The molecule has 1 N–H and O–H groups in total. The molecule has 26 heavy (non-hydrogen) atoms. The van der Waals surface area contributed by atoms with E-state index in [0.717, 1.165) is 10.6 Å². The molecule has 0 radical (unpaired) electrons. The van der Waals surface area contributed by atoms with E-state index in [1.165, 1.54) is 22.7 Å². The van der Waals surface area contributed by atoms with Crippen molar-refractivity contribution in [1.82, 2.24) is 4.98 Å². The molecule has 0 spiro atoms. The Morgan fingerprint density at radius 2 is 1.92 bits per heavy atom. The van der Waals surface area contributed by atoms with Crippen LogP contribution in [0.25, 0.3) is 10.6 Å². The fourth-order valence-corrected chi connectivity index (χ4v) is 5.38. The third-order valence-electron chi connectivity index (χ3n) is 3.50. The van der Waals surface area contributed by atoms with Crippen LogP contribution in [0, 0.1) is 0 Å². The minimum absolute atomic E-state index is 0.0682. The Kier molecular flexibility index (Phi) is 6.08. The monoisotopic (exact) mass is 426 g/mol. The quantitative estimate of drug-likeness (QED) is 0.593. The van der Waals surface area contributed by atoms with Crippen LogP contribution >= 0.6 is 34.3 Å². The minimum Gasteiger partial charge on any atom is -0.302 e. The Morgan fingerprint density at radius 1 is 1.15 bits per heavy atom. The third kappa shape index (κ3) is 4.91. The molecule has 0 unspecified atom stereocenters. The zero-order valence-electron chi connectivity index (χ0n) is 13.5. The number of rotatable bonds is 7. The molecule has 0 bridgehead atoms. The van der Waals surface area contributed by atoms with Gasteiger partial charge in [-0.1, -0.05) is 29.8 Å². The van der Waals surface area contributed by atoms with Gasteiger partial charge in [-0.15, -0.1) is 22.7 Å². The maximum absolute atomic E-state index is 12.2. The summed E-state index contributed by atoms with van der Waals surface area (Å²) in [6.07, 6.45) is 0.369. The number of anilines is 1. The second-order valence-electron chi connectivity index (χ2n) is 5.43. The van der Waals surface area contributed by atoms with Crippen LogP contribution in [0.15, 0.2) is 52.7 Å². The van der Waals surface area contributed by atoms with Gasteiger partial charge in [0.25, 0.3) is 0 Å². The molecule has 1 aromatic carbocycles.